The Morgan fingerprint density at radius 1 is 1.37 bits per heavy atom. The van der Waals surface area contributed by atoms with Gasteiger partial charge in [-0.3, -0.25) is 0 Å². The van der Waals surface area contributed by atoms with Crippen LogP contribution in [0.25, 0.3) is 6.08 Å². The standard InChI is InChI=1S/C13H10Cl2O4/c14-9-3-1-8(7-10(9)15)2-4-12(16)19-11-5-6-18-13(11)17/h1-4,7,11H,5-6H2/b4-2+/t11-/m0/s1. The van der Waals surface area contributed by atoms with Crippen LogP contribution in [0.1, 0.15) is 12.0 Å². The second-order valence-electron chi connectivity index (χ2n) is 3.89. The molecule has 1 aromatic carbocycles. The first-order valence-corrected chi connectivity index (χ1v) is 6.32. The van der Waals surface area contributed by atoms with Crippen LogP contribution in [0.4, 0.5) is 0 Å². The Morgan fingerprint density at radius 3 is 2.79 bits per heavy atom. The van der Waals surface area contributed by atoms with Gasteiger partial charge in [0.1, 0.15) is 0 Å². The summed E-state index contributed by atoms with van der Waals surface area (Å²) in [6.45, 7) is 0.285. The summed E-state index contributed by atoms with van der Waals surface area (Å²) in [6.07, 6.45) is 2.35. The summed E-state index contributed by atoms with van der Waals surface area (Å²) >= 11 is 11.6. The number of cyclic esters (lactones) is 1. The number of esters is 2. The predicted molar refractivity (Wildman–Crippen MR) is 71.0 cm³/mol. The first-order valence-electron chi connectivity index (χ1n) is 5.56. The van der Waals surface area contributed by atoms with Crippen molar-refractivity contribution < 1.29 is 19.1 Å². The van der Waals surface area contributed by atoms with Crippen molar-refractivity contribution in [2.24, 2.45) is 0 Å². The van der Waals surface area contributed by atoms with E-state index >= 15 is 0 Å². The SMILES string of the molecule is O=C(/C=C/c1ccc(Cl)c(Cl)c1)O[C@H]1CCOC1=O. The summed E-state index contributed by atoms with van der Waals surface area (Å²) in [4.78, 5) is 22.6. The van der Waals surface area contributed by atoms with Crippen LogP contribution in [0, 0.1) is 0 Å². The van der Waals surface area contributed by atoms with E-state index < -0.39 is 18.0 Å². The zero-order chi connectivity index (χ0) is 13.8. The Balaban J connectivity index is 1.96. The minimum absolute atomic E-state index is 0.285. The molecular formula is C13H10Cl2O4. The number of hydrogen-bond donors (Lipinski definition) is 0. The number of carbonyl (C=O) groups is 2. The Morgan fingerprint density at radius 2 is 2.16 bits per heavy atom. The highest BCUT2D eigenvalue weighted by Crippen LogP contribution is 2.23. The average Bonchev–Trinajstić information content (AvgIpc) is 2.77. The second kappa shape index (κ2) is 6.08. The molecule has 100 valence electrons. The van der Waals surface area contributed by atoms with E-state index in [9.17, 15) is 9.59 Å². The van der Waals surface area contributed by atoms with Crippen LogP contribution in [0.3, 0.4) is 0 Å². The zero-order valence-electron chi connectivity index (χ0n) is 9.77. The molecule has 1 saturated heterocycles. The van der Waals surface area contributed by atoms with Gasteiger partial charge in [0.15, 0.2) is 0 Å². The molecule has 0 radical (unpaired) electrons. The maximum Gasteiger partial charge on any atom is 0.347 e. The number of hydrogen-bond acceptors (Lipinski definition) is 4. The molecule has 1 fully saturated rings. The van der Waals surface area contributed by atoms with Crippen LogP contribution < -0.4 is 0 Å². The summed E-state index contributed by atoms with van der Waals surface area (Å²) in [5.74, 6) is -1.11. The van der Waals surface area contributed by atoms with E-state index in [1.54, 1.807) is 18.2 Å². The topological polar surface area (TPSA) is 52.6 Å². The molecule has 0 saturated carbocycles. The maximum absolute atomic E-state index is 11.5. The van der Waals surface area contributed by atoms with Crippen molar-refractivity contribution in [3.8, 4) is 0 Å². The molecule has 0 aliphatic carbocycles. The number of carbonyl (C=O) groups excluding carboxylic acids is 2. The Hall–Kier alpha value is -1.52. The molecule has 1 aliphatic heterocycles. The summed E-state index contributed by atoms with van der Waals surface area (Å²) in [5, 5.41) is 0.839. The number of ether oxygens (including phenoxy) is 2. The van der Waals surface area contributed by atoms with Crippen LogP contribution in [-0.4, -0.2) is 24.6 Å². The van der Waals surface area contributed by atoms with Gasteiger partial charge in [0.25, 0.3) is 0 Å². The predicted octanol–water partition coefficient (Wildman–Crippen LogP) is 2.87. The third kappa shape index (κ3) is 3.72. The normalized spacial score (nSPS) is 18.6. The number of halogens is 2. The molecule has 1 heterocycles. The van der Waals surface area contributed by atoms with E-state index in [0.29, 0.717) is 22.0 Å². The molecule has 0 spiro atoms. The van der Waals surface area contributed by atoms with Crippen molar-refractivity contribution in [1.82, 2.24) is 0 Å². The Bertz CT molecular complexity index is 539. The van der Waals surface area contributed by atoms with E-state index in [0.717, 1.165) is 0 Å². The van der Waals surface area contributed by atoms with Gasteiger partial charge in [-0.1, -0.05) is 29.3 Å². The first kappa shape index (κ1) is 13.9. The highest BCUT2D eigenvalue weighted by atomic mass is 35.5. The zero-order valence-corrected chi connectivity index (χ0v) is 11.3. The van der Waals surface area contributed by atoms with E-state index in [1.165, 1.54) is 12.2 Å². The lowest BCUT2D eigenvalue weighted by Gasteiger charge is -2.05. The second-order valence-corrected chi connectivity index (χ2v) is 4.70. The van der Waals surface area contributed by atoms with Crippen LogP contribution in [-0.2, 0) is 19.1 Å². The van der Waals surface area contributed by atoms with E-state index in [2.05, 4.69) is 4.74 Å². The third-order valence-electron chi connectivity index (χ3n) is 2.50. The summed E-state index contributed by atoms with van der Waals surface area (Å²) in [5.41, 5.74) is 0.709. The van der Waals surface area contributed by atoms with Gasteiger partial charge in [-0.05, 0) is 23.8 Å². The molecule has 19 heavy (non-hydrogen) atoms. The summed E-state index contributed by atoms with van der Waals surface area (Å²) < 4.78 is 9.63. The minimum Gasteiger partial charge on any atom is -0.463 e. The van der Waals surface area contributed by atoms with E-state index in [4.69, 9.17) is 27.9 Å². The van der Waals surface area contributed by atoms with Gasteiger partial charge < -0.3 is 9.47 Å². The van der Waals surface area contributed by atoms with E-state index in [1.807, 2.05) is 0 Å². The van der Waals surface area contributed by atoms with Crippen molar-refractivity contribution in [3.05, 3.63) is 39.9 Å². The molecular weight excluding hydrogens is 291 g/mol. The van der Waals surface area contributed by atoms with Gasteiger partial charge in [0, 0.05) is 12.5 Å². The smallest absolute Gasteiger partial charge is 0.347 e. The highest BCUT2D eigenvalue weighted by Gasteiger charge is 2.29. The van der Waals surface area contributed by atoms with Crippen molar-refractivity contribution in [3.63, 3.8) is 0 Å². The number of rotatable bonds is 3. The van der Waals surface area contributed by atoms with Crippen molar-refractivity contribution in [1.29, 1.82) is 0 Å². The van der Waals surface area contributed by atoms with Crippen LogP contribution in [0.5, 0.6) is 0 Å². The molecule has 1 atom stereocenters. The molecule has 0 N–H and O–H groups in total. The highest BCUT2D eigenvalue weighted by molar-refractivity contribution is 6.42. The van der Waals surface area contributed by atoms with Crippen LogP contribution in [0.15, 0.2) is 24.3 Å². The lowest BCUT2D eigenvalue weighted by molar-refractivity contribution is -0.156. The molecule has 0 bridgehead atoms. The van der Waals surface area contributed by atoms with Crippen molar-refractivity contribution >= 4 is 41.2 Å². The minimum atomic E-state index is -0.800. The number of benzene rings is 1. The molecule has 1 aromatic rings. The fraction of sp³-hybridized carbons (Fsp3) is 0.231. The Kier molecular flexibility index (Phi) is 4.45. The lowest BCUT2D eigenvalue weighted by atomic mass is 10.2. The largest absolute Gasteiger partial charge is 0.463 e. The van der Waals surface area contributed by atoms with E-state index in [-0.39, 0.29) is 6.61 Å². The van der Waals surface area contributed by atoms with Gasteiger partial charge in [-0.2, -0.15) is 0 Å². The molecule has 0 aromatic heterocycles. The average molecular weight is 301 g/mol. The van der Waals surface area contributed by atoms with Crippen molar-refractivity contribution in [2.45, 2.75) is 12.5 Å². The fourth-order valence-corrected chi connectivity index (χ4v) is 1.85. The molecule has 0 unspecified atom stereocenters. The fourth-order valence-electron chi connectivity index (χ4n) is 1.54. The summed E-state index contributed by atoms with van der Waals surface area (Å²) in [6, 6.07) is 4.96. The molecule has 1 aliphatic rings. The van der Waals surface area contributed by atoms with Gasteiger partial charge in [-0.15, -0.1) is 0 Å². The molecule has 2 rings (SSSR count). The molecule has 6 heteroatoms. The third-order valence-corrected chi connectivity index (χ3v) is 3.24. The lowest BCUT2D eigenvalue weighted by Crippen LogP contribution is -2.21. The quantitative estimate of drug-likeness (QED) is 0.636. The summed E-state index contributed by atoms with van der Waals surface area (Å²) in [7, 11) is 0. The molecule has 4 nitrogen and oxygen atoms in total. The van der Waals surface area contributed by atoms with Gasteiger partial charge in [0.2, 0.25) is 6.10 Å². The van der Waals surface area contributed by atoms with Gasteiger partial charge in [-0.25, -0.2) is 9.59 Å². The maximum atomic E-state index is 11.5. The van der Waals surface area contributed by atoms with Gasteiger partial charge in [0.05, 0.1) is 16.7 Å². The molecule has 0 amide bonds. The van der Waals surface area contributed by atoms with Crippen LogP contribution >= 0.6 is 23.2 Å². The van der Waals surface area contributed by atoms with Gasteiger partial charge >= 0.3 is 11.9 Å². The van der Waals surface area contributed by atoms with Crippen LogP contribution in [0.2, 0.25) is 10.0 Å². The van der Waals surface area contributed by atoms with Crippen molar-refractivity contribution in [2.75, 3.05) is 6.61 Å². The first-order chi connectivity index (χ1) is 9.06. The monoisotopic (exact) mass is 300 g/mol. The Labute approximate surface area is 119 Å².